The van der Waals surface area contributed by atoms with Crippen molar-refractivity contribution in [2.45, 2.75) is 39.2 Å². The number of aliphatic imine (C=N–C) groups is 1. The highest BCUT2D eigenvalue weighted by Crippen LogP contribution is 2.19. The Kier molecular flexibility index (Phi) is 8.04. The number of benzene rings is 1. The summed E-state index contributed by atoms with van der Waals surface area (Å²) in [6.45, 7) is 5.81. The van der Waals surface area contributed by atoms with Gasteiger partial charge in [-0.05, 0) is 43.0 Å². The summed E-state index contributed by atoms with van der Waals surface area (Å²) in [6, 6.07) is 14.3. The molecule has 0 saturated carbocycles. The smallest absolute Gasteiger partial charge is 0.222 e. The third-order valence-corrected chi connectivity index (χ3v) is 5.05. The molecule has 2 aromatic rings. The lowest BCUT2D eigenvalue weighted by Crippen LogP contribution is -2.38. The quantitative estimate of drug-likeness (QED) is 0.411. The van der Waals surface area contributed by atoms with Crippen molar-refractivity contribution in [3.8, 4) is 0 Å². The second-order valence-electron chi connectivity index (χ2n) is 7.20. The highest BCUT2D eigenvalue weighted by molar-refractivity contribution is 5.80. The summed E-state index contributed by atoms with van der Waals surface area (Å²) in [5.41, 5.74) is 3.70. The van der Waals surface area contributed by atoms with E-state index in [1.54, 1.807) is 0 Å². The van der Waals surface area contributed by atoms with Gasteiger partial charge in [0.05, 0.1) is 0 Å². The molecule has 0 unspecified atom stereocenters. The number of hydrogen-bond donors (Lipinski definition) is 2. The fourth-order valence-electron chi connectivity index (χ4n) is 3.48. The Balaban J connectivity index is 1.39. The summed E-state index contributed by atoms with van der Waals surface area (Å²) in [4.78, 5) is 23.5. The zero-order chi connectivity index (χ0) is 20.3. The molecule has 0 atom stereocenters. The lowest BCUT2D eigenvalue weighted by Gasteiger charge is -2.28. The Hall–Kier alpha value is -2.89. The van der Waals surface area contributed by atoms with E-state index in [2.05, 4.69) is 38.8 Å². The minimum Gasteiger partial charge on any atom is -0.357 e. The predicted molar refractivity (Wildman–Crippen MR) is 117 cm³/mol. The normalized spacial score (nSPS) is 13.7. The topological polar surface area (TPSA) is 69.6 Å². The van der Waals surface area contributed by atoms with E-state index in [0.717, 1.165) is 57.1 Å². The molecular weight excluding hydrogens is 362 g/mol. The molecule has 2 heterocycles. The molecule has 3 rings (SSSR count). The number of carbonyl (C=O) groups excluding carboxylic acids is 1. The van der Waals surface area contributed by atoms with Crippen LogP contribution in [0.3, 0.4) is 0 Å². The SMILES string of the molecule is CCNC(=NCCCC(=O)N1CCc2ccccc2C1)NCCc1ccccn1. The van der Waals surface area contributed by atoms with E-state index < -0.39 is 0 Å². The third-order valence-electron chi connectivity index (χ3n) is 5.05. The summed E-state index contributed by atoms with van der Waals surface area (Å²) < 4.78 is 0. The van der Waals surface area contributed by atoms with Crippen molar-refractivity contribution in [1.82, 2.24) is 20.5 Å². The van der Waals surface area contributed by atoms with E-state index in [9.17, 15) is 4.79 Å². The zero-order valence-electron chi connectivity index (χ0n) is 17.2. The molecule has 1 amide bonds. The number of fused-ring (bicyclic) bond motifs is 1. The van der Waals surface area contributed by atoms with Gasteiger partial charge >= 0.3 is 0 Å². The van der Waals surface area contributed by atoms with E-state index in [1.165, 1.54) is 11.1 Å². The number of nitrogens with zero attached hydrogens (tertiary/aromatic N) is 3. The molecule has 1 aromatic heterocycles. The first-order valence-electron chi connectivity index (χ1n) is 10.5. The van der Waals surface area contributed by atoms with Gasteiger partial charge in [-0.1, -0.05) is 30.3 Å². The van der Waals surface area contributed by atoms with Crippen LogP contribution in [-0.2, 0) is 24.2 Å². The van der Waals surface area contributed by atoms with Gasteiger partial charge in [-0.3, -0.25) is 14.8 Å². The first-order valence-corrected chi connectivity index (χ1v) is 10.5. The summed E-state index contributed by atoms with van der Waals surface area (Å²) in [7, 11) is 0. The van der Waals surface area contributed by atoms with Gasteiger partial charge in [0.2, 0.25) is 5.91 Å². The van der Waals surface area contributed by atoms with Crippen molar-refractivity contribution in [2.24, 2.45) is 4.99 Å². The maximum absolute atomic E-state index is 12.5. The number of pyridine rings is 1. The number of aromatic nitrogens is 1. The number of nitrogens with one attached hydrogen (secondary N) is 2. The number of hydrogen-bond acceptors (Lipinski definition) is 3. The van der Waals surface area contributed by atoms with Gasteiger partial charge in [0, 0.05) is 57.5 Å². The van der Waals surface area contributed by atoms with Gasteiger partial charge in [-0.15, -0.1) is 0 Å². The van der Waals surface area contributed by atoms with Crippen molar-refractivity contribution >= 4 is 11.9 Å². The first kappa shape index (κ1) is 20.8. The maximum atomic E-state index is 12.5. The Morgan fingerprint density at radius 2 is 1.97 bits per heavy atom. The van der Waals surface area contributed by atoms with E-state index >= 15 is 0 Å². The summed E-state index contributed by atoms with van der Waals surface area (Å²) >= 11 is 0. The van der Waals surface area contributed by atoms with Gasteiger partial charge in [0.1, 0.15) is 0 Å². The summed E-state index contributed by atoms with van der Waals surface area (Å²) in [6.07, 6.45) is 4.91. The molecule has 0 fully saturated rings. The summed E-state index contributed by atoms with van der Waals surface area (Å²) in [5.74, 6) is 1.02. The van der Waals surface area contributed by atoms with Crippen LogP contribution in [0.2, 0.25) is 0 Å². The van der Waals surface area contributed by atoms with Crippen LogP contribution in [-0.4, -0.2) is 47.9 Å². The minimum atomic E-state index is 0.225. The average Bonchev–Trinajstić information content (AvgIpc) is 2.77. The predicted octanol–water partition coefficient (Wildman–Crippen LogP) is 2.54. The van der Waals surface area contributed by atoms with Crippen molar-refractivity contribution in [2.75, 3.05) is 26.2 Å². The van der Waals surface area contributed by atoms with Crippen LogP contribution in [0.25, 0.3) is 0 Å². The van der Waals surface area contributed by atoms with E-state index in [0.29, 0.717) is 13.0 Å². The van der Waals surface area contributed by atoms with Crippen molar-refractivity contribution in [3.63, 3.8) is 0 Å². The largest absolute Gasteiger partial charge is 0.357 e. The molecule has 6 nitrogen and oxygen atoms in total. The van der Waals surface area contributed by atoms with Crippen molar-refractivity contribution in [3.05, 3.63) is 65.5 Å². The molecule has 0 bridgehead atoms. The van der Waals surface area contributed by atoms with E-state index in [1.807, 2.05) is 42.3 Å². The Bertz CT molecular complexity index is 806. The second-order valence-corrected chi connectivity index (χ2v) is 7.20. The molecule has 0 saturated heterocycles. The molecule has 6 heteroatoms. The van der Waals surface area contributed by atoms with Crippen LogP contribution in [0.1, 0.15) is 36.6 Å². The van der Waals surface area contributed by atoms with Crippen LogP contribution in [0, 0.1) is 0 Å². The molecule has 29 heavy (non-hydrogen) atoms. The van der Waals surface area contributed by atoms with Gasteiger partial charge < -0.3 is 15.5 Å². The fourth-order valence-corrected chi connectivity index (χ4v) is 3.48. The van der Waals surface area contributed by atoms with Crippen LogP contribution in [0.5, 0.6) is 0 Å². The molecular formula is C23H31N5O. The van der Waals surface area contributed by atoms with Gasteiger partial charge in [0.25, 0.3) is 0 Å². The Morgan fingerprint density at radius 1 is 1.14 bits per heavy atom. The molecule has 154 valence electrons. The average molecular weight is 394 g/mol. The fraction of sp³-hybridized carbons (Fsp3) is 0.435. The monoisotopic (exact) mass is 393 g/mol. The van der Waals surface area contributed by atoms with Crippen LogP contribution < -0.4 is 10.6 Å². The molecule has 0 spiro atoms. The van der Waals surface area contributed by atoms with E-state index in [4.69, 9.17) is 0 Å². The van der Waals surface area contributed by atoms with Crippen LogP contribution in [0.15, 0.2) is 53.7 Å². The number of guanidine groups is 1. The third kappa shape index (κ3) is 6.59. The van der Waals surface area contributed by atoms with E-state index in [-0.39, 0.29) is 5.91 Å². The molecule has 1 aliphatic rings. The van der Waals surface area contributed by atoms with Crippen LogP contribution in [0.4, 0.5) is 0 Å². The lowest BCUT2D eigenvalue weighted by molar-refractivity contribution is -0.132. The van der Waals surface area contributed by atoms with Crippen molar-refractivity contribution in [1.29, 1.82) is 0 Å². The van der Waals surface area contributed by atoms with Crippen molar-refractivity contribution < 1.29 is 4.79 Å². The number of amides is 1. The Morgan fingerprint density at radius 3 is 2.76 bits per heavy atom. The molecule has 2 N–H and O–H groups in total. The lowest BCUT2D eigenvalue weighted by atomic mass is 9.99. The number of carbonyl (C=O) groups is 1. The van der Waals surface area contributed by atoms with Crippen LogP contribution >= 0.6 is 0 Å². The highest BCUT2D eigenvalue weighted by Gasteiger charge is 2.19. The van der Waals surface area contributed by atoms with Gasteiger partial charge in [0.15, 0.2) is 5.96 Å². The second kappa shape index (κ2) is 11.2. The molecule has 1 aliphatic heterocycles. The highest BCUT2D eigenvalue weighted by atomic mass is 16.2. The maximum Gasteiger partial charge on any atom is 0.222 e. The van der Waals surface area contributed by atoms with Gasteiger partial charge in [-0.25, -0.2) is 0 Å². The molecule has 1 aromatic carbocycles. The van der Waals surface area contributed by atoms with Gasteiger partial charge in [-0.2, -0.15) is 0 Å². The standard InChI is InChI=1S/C23H31N5O/c1-2-24-23(27-16-12-21-10-5-6-14-25-21)26-15-7-11-22(29)28-17-13-19-8-3-4-9-20(19)18-28/h3-6,8-10,14H,2,7,11-13,15-18H2,1H3,(H2,24,26,27). The summed E-state index contributed by atoms with van der Waals surface area (Å²) in [5, 5.41) is 6.59. The Labute approximate surface area is 173 Å². The molecule has 0 radical (unpaired) electrons. The zero-order valence-corrected chi connectivity index (χ0v) is 17.2. The first-order chi connectivity index (χ1) is 14.3. The minimum absolute atomic E-state index is 0.225. The number of rotatable bonds is 8. The molecule has 0 aliphatic carbocycles.